The highest BCUT2D eigenvalue weighted by molar-refractivity contribution is 5.59. The third kappa shape index (κ3) is 2.94. The van der Waals surface area contributed by atoms with Crippen molar-refractivity contribution in [2.24, 2.45) is 0 Å². The molecule has 0 spiro atoms. The lowest BCUT2D eigenvalue weighted by atomic mass is 10.2. The molecule has 0 heterocycles. The van der Waals surface area contributed by atoms with Crippen LogP contribution in [0.15, 0.2) is 30.3 Å². The van der Waals surface area contributed by atoms with E-state index >= 15 is 0 Å². The maximum absolute atomic E-state index is 13.4. The fourth-order valence-electron chi connectivity index (χ4n) is 1.85. The van der Waals surface area contributed by atoms with Crippen LogP contribution in [0.4, 0.5) is 10.1 Å². The Balaban J connectivity index is 2.43. The minimum absolute atomic E-state index is 0.0637. The minimum atomic E-state index is -0.542. The van der Waals surface area contributed by atoms with Crippen LogP contribution in [0.25, 0.3) is 0 Å². The van der Waals surface area contributed by atoms with Crippen LogP contribution in [0.5, 0.6) is 28.7 Å². The van der Waals surface area contributed by atoms with Crippen LogP contribution in [-0.2, 0) is 0 Å². The Morgan fingerprint density at radius 1 is 0.905 bits per heavy atom. The summed E-state index contributed by atoms with van der Waals surface area (Å²) in [6.45, 7) is 0. The number of methoxy groups -OCH3 is 3. The number of nitrogens with two attached hydrogens (primary N) is 1. The number of ether oxygens (including phenoxy) is 4. The zero-order valence-electron chi connectivity index (χ0n) is 12.0. The van der Waals surface area contributed by atoms with E-state index in [0.717, 1.165) is 0 Å². The number of halogens is 1. The number of nitrogen functional groups attached to an aromatic ring is 1. The van der Waals surface area contributed by atoms with E-state index in [2.05, 4.69) is 0 Å². The molecular weight excluding hydrogens is 277 g/mol. The first kappa shape index (κ1) is 14.8. The van der Waals surface area contributed by atoms with Crippen molar-refractivity contribution in [2.75, 3.05) is 27.1 Å². The zero-order chi connectivity index (χ0) is 15.4. The molecule has 0 amide bonds. The normalized spacial score (nSPS) is 10.1. The summed E-state index contributed by atoms with van der Waals surface area (Å²) in [5, 5.41) is 0. The van der Waals surface area contributed by atoms with Crippen LogP contribution in [0.2, 0.25) is 0 Å². The summed E-state index contributed by atoms with van der Waals surface area (Å²) < 4.78 is 34.7. The number of anilines is 1. The van der Waals surface area contributed by atoms with Crippen LogP contribution in [0, 0.1) is 5.82 Å². The molecule has 0 saturated carbocycles. The standard InChI is InChI=1S/C15H16FNO4/c1-18-12-7-9(8-13(19-2)15(12)20-3)21-11-6-4-5-10(16)14(11)17/h4-8H,17H2,1-3H3. The molecule has 0 radical (unpaired) electrons. The van der Waals surface area contributed by atoms with Gasteiger partial charge in [0.25, 0.3) is 0 Å². The largest absolute Gasteiger partial charge is 0.493 e. The van der Waals surface area contributed by atoms with E-state index in [0.29, 0.717) is 23.0 Å². The monoisotopic (exact) mass is 293 g/mol. The van der Waals surface area contributed by atoms with Crippen molar-refractivity contribution >= 4 is 5.69 Å². The smallest absolute Gasteiger partial charge is 0.203 e. The van der Waals surface area contributed by atoms with Crippen LogP contribution in [-0.4, -0.2) is 21.3 Å². The first-order valence-electron chi connectivity index (χ1n) is 6.12. The molecule has 0 aliphatic heterocycles. The molecule has 2 N–H and O–H groups in total. The molecule has 2 aromatic rings. The Bertz CT molecular complexity index is 621. The Labute approximate surface area is 122 Å². The van der Waals surface area contributed by atoms with E-state index in [1.54, 1.807) is 18.2 Å². The SMILES string of the molecule is COc1cc(Oc2cccc(F)c2N)cc(OC)c1OC. The summed E-state index contributed by atoms with van der Waals surface area (Å²) in [5.41, 5.74) is 5.58. The van der Waals surface area contributed by atoms with E-state index in [9.17, 15) is 4.39 Å². The highest BCUT2D eigenvalue weighted by atomic mass is 19.1. The average molecular weight is 293 g/mol. The van der Waals surface area contributed by atoms with Gasteiger partial charge in [-0.3, -0.25) is 0 Å². The van der Waals surface area contributed by atoms with E-state index in [1.807, 2.05) is 0 Å². The molecule has 0 fully saturated rings. The molecule has 0 aromatic heterocycles. The summed E-state index contributed by atoms with van der Waals surface area (Å²) in [5.74, 6) is 1.37. The van der Waals surface area contributed by atoms with Gasteiger partial charge in [-0.1, -0.05) is 6.07 Å². The second kappa shape index (κ2) is 6.21. The number of rotatable bonds is 5. The van der Waals surface area contributed by atoms with Gasteiger partial charge < -0.3 is 24.7 Å². The molecule has 0 atom stereocenters. The molecule has 2 aromatic carbocycles. The van der Waals surface area contributed by atoms with Gasteiger partial charge in [0.1, 0.15) is 17.3 Å². The van der Waals surface area contributed by atoms with Crippen molar-refractivity contribution < 1.29 is 23.3 Å². The highest BCUT2D eigenvalue weighted by Crippen LogP contribution is 2.42. The second-order valence-electron chi connectivity index (χ2n) is 4.11. The van der Waals surface area contributed by atoms with E-state index in [-0.39, 0.29) is 11.4 Å². The molecule has 0 bridgehead atoms. The van der Waals surface area contributed by atoms with Gasteiger partial charge in [0.15, 0.2) is 17.2 Å². The van der Waals surface area contributed by atoms with Crippen molar-refractivity contribution in [1.29, 1.82) is 0 Å². The first-order chi connectivity index (χ1) is 10.1. The van der Waals surface area contributed by atoms with Gasteiger partial charge in [-0.2, -0.15) is 0 Å². The summed E-state index contributed by atoms with van der Waals surface area (Å²) in [6, 6.07) is 7.55. The van der Waals surface area contributed by atoms with Gasteiger partial charge in [-0.15, -0.1) is 0 Å². The fraction of sp³-hybridized carbons (Fsp3) is 0.200. The molecule has 5 nitrogen and oxygen atoms in total. The molecule has 0 saturated heterocycles. The molecule has 6 heteroatoms. The summed E-state index contributed by atoms with van der Waals surface area (Å²) >= 11 is 0. The van der Waals surface area contributed by atoms with Crippen LogP contribution in [0.3, 0.4) is 0 Å². The second-order valence-corrected chi connectivity index (χ2v) is 4.11. The topological polar surface area (TPSA) is 62.9 Å². The molecule has 21 heavy (non-hydrogen) atoms. The third-order valence-electron chi connectivity index (χ3n) is 2.88. The van der Waals surface area contributed by atoms with Gasteiger partial charge in [-0.05, 0) is 12.1 Å². The predicted octanol–water partition coefficient (Wildman–Crippen LogP) is 3.23. The first-order valence-corrected chi connectivity index (χ1v) is 6.12. The van der Waals surface area contributed by atoms with E-state index < -0.39 is 5.82 Å². The Morgan fingerprint density at radius 2 is 1.52 bits per heavy atom. The maximum atomic E-state index is 13.4. The average Bonchev–Trinajstić information content (AvgIpc) is 2.50. The van der Waals surface area contributed by atoms with E-state index in [1.165, 1.54) is 33.5 Å². The number of hydrogen-bond donors (Lipinski definition) is 1. The van der Waals surface area contributed by atoms with Crippen LogP contribution >= 0.6 is 0 Å². The van der Waals surface area contributed by atoms with Crippen molar-refractivity contribution in [2.45, 2.75) is 0 Å². The molecule has 0 aliphatic carbocycles. The molecular formula is C15H16FNO4. The quantitative estimate of drug-likeness (QED) is 0.857. The molecule has 112 valence electrons. The molecule has 0 aliphatic rings. The van der Waals surface area contributed by atoms with Crippen molar-refractivity contribution in [1.82, 2.24) is 0 Å². The maximum Gasteiger partial charge on any atom is 0.203 e. The highest BCUT2D eigenvalue weighted by Gasteiger charge is 2.15. The Hall–Kier alpha value is -2.63. The van der Waals surface area contributed by atoms with Gasteiger partial charge in [0.2, 0.25) is 5.75 Å². The minimum Gasteiger partial charge on any atom is -0.493 e. The summed E-state index contributed by atoms with van der Waals surface area (Å²) in [6.07, 6.45) is 0. The predicted molar refractivity (Wildman–Crippen MR) is 77.0 cm³/mol. The molecule has 2 rings (SSSR count). The summed E-state index contributed by atoms with van der Waals surface area (Å²) in [7, 11) is 4.50. The summed E-state index contributed by atoms with van der Waals surface area (Å²) in [4.78, 5) is 0. The van der Waals surface area contributed by atoms with Crippen molar-refractivity contribution in [3.63, 3.8) is 0 Å². The Kier molecular flexibility index (Phi) is 4.37. The van der Waals surface area contributed by atoms with Gasteiger partial charge >= 0.3 is 0 Å². The van der Waals surface area contributed by atoms with Gasteiger partial charge in [0.05, 0.1) is 21.3 Å². The third-order valence-corrected chi connectivity index (χ3v) is 2.88. The zero-order valence-corrected chi connectivity index (χ0v) is 12.0. The number of hydrogen-bond acceptors (Lipinski definition) is 5. The lowest BCUT2D eigenvalue weighted by Gasteiger charge is -2.15. The lowest BCUT2D eigenvalue weighted by molar-refractivity contribution is 0.321. The number of benzene rings is 2. The number of para-hydroxylation sites is 1. The van der Waals surface area contributed by atoms with Crippen molar-refractivity contribution in [3.8, 4) is 28.7 Å². The van der Waals surface area contributed by atoms with Crippen LogP contribution in [0.1, 0.15) is 0 Å². The Morgan fingerprint density at radius 3 is 2.05 bits per heavy atom. The van der Waals surface area contributed by atoms with Crippen LogP contribution < -0.4 is 24.7 Å². The van der Waals surface area contributed by atoms with E-state index in [4.69, 9.17) is 24.7 Å². The van der Waals surface area contributed by atoms with Gasteiger partial charge in [0, 0.05) is 12.1 Å². The van der Waals surface area contributed by atoms with Crippen molar-refractivity contribution in [3.05, 3.63) is 36.1 Å². The molecule has 0 unspecified atom stereocenters. The lowest BCUT2D eigenvalue weighted by Crippen LogP contribution is -1.98. The fourth-order valence-corrected chi connectivity index (χ4v) is 1.85. The van der Waals surface area contributed by atoms with Gasteiger partial charge in [-0.25, -0.2) is 4.39 Å².